The molecule has 9 nitrogen and oxygen atoms in total. The van der Waals surface area contributed by atoms with Gasteiger partial charge in [-0.1, -0.05) is 29.8 Å². The molecule has 2 amide bonds. The smallest absolute Gasteiger partial charge is 0.412 e. The van der Waals surface area contributed by atoms with Crippen molar-refractivity contribution in [2.24, 2.45) is 5.92 Å². The van der Waals surface area contributed by atoms with Gasteiger partial charge in [0.1, 0.15) is 0 Å². The highest BCUT2D eigenvalue weighted by molar-refractivity contribution is 9.10. The van der Waals surface area contributed by atoms with Gasteiger partial charge in [0.2, 0.25) is 0 Å². The Kier molecular flexibility index (Phi) is 9.87. The maximum absolute atomic E-state index is 12.4. The molecule has 0 saturated heterocycles. The zero-order valence-corrected chi connectivity index (χ0v) is 18.8. The second kappa shape index (κ2) is 11.3. The third-order valence-corrected chi connectivity index (χ3v) is 5.57. The molecule has 3 N–H and O–H groups in total. The van der Waals surface area contributed by atoms with Crippen LogP contribution in [0.15, 0.2) is 28.7 Å². The minimum atomic E-state index is -3.56. The van der Waals surface area contributed by atoms with Gasteiger partial charge >= 0.3 is 6.09 Å². The Hall–Kier alpha value is -1.69. The van der Waals surface area contributed by atoms with E-state index < -0.39 is 28.3 Å². The molecule has 0 aliphatic carbocycles. The zero-order valence-electron chi connectivity index (χ0n) is 16.4. The number of ether oxygens (including phenoxy) is 1. The highest BCUT2D eigenvalue weighted by Crippen LogP contribution is 2.15. The summed E-state index contributed by atoms with van der Waals surface area (Å²) < 4.78 is 32.7. The Labute approximate surface area is 174 Å². The Morgan fingerprint density at radius 1 is 1.14 bits per heavy atom. The van der Waals surface area contributed by atoms with Crippen LogP contribution in [-0.4, -0.2) is 58.0 Å². The molecule has 0 bridgehead atoms. The average Bonchev–Trinajstić information content (AvgIpc) is 2.59. The van der Waals surface area contributed by atoms with Crippen LogP contribution in [0.3, 0.4) is 0 Å². The van der Waals surface area contributed by atoms with Crippen molar-refractivity contribution in [3.63, 3.8) is 0 Å². The van der Waals surface area contributed by atoms with E-state index >= 15 is 0 Å². The maximum Gasteiger partial charge on any atom is 0.412 e. The van der Waals surface area contributed by atoms with E-state index in [1.807, 2.05) is 13.8 Å². The molecule has 1 rings (SSSR count). The monoisotopic (exact) mass is 478 g/mol. The van der Waals surface area contributed by atoms with Crippen LogP contribution in [0.1, 0.15) is 20.3 Å². The highest BCUT2D eigenvalue weighted by atomic mass is 79.9. The Morgan fingerprint density at radius 3 is 2.29 bits per heavy atom. The first kappa shape index (κ1) is 24.3. The molecule has 0 saturated carbocycles. The van der Waals surface area contributed by atoms with Crippen LogP contribution in [0.25, 0.3) is 0 Å². The zero-order chi connectivity index (χ0) is 21.3. The van der Waals surface area contributed by atoms with Gasteiger partial charge in [-0.3, -0.25) is 10.1 Å². The summed E-state index contributed by atoms with van der Waals surface area (Å²) in [6, 6.07) is 6.92. The molecule has 158 valence electrons. The van der Waals surface area contributed by atoms with Gasteiger partial charge in [0.05, 0.1) is 0 Å². The fourth-order valence-electron chi connectivity index (χ4n) is 2.06. The summed E-state index contributed by atoms with van der Waals surface area (Å²) in [5, 5.41) is 5.15. The summed E-state index contributed by atoms with van der Waals surface area (Å²) in [6.45, 7) is 3.90. The number of halogens is 1. The third kappa shape index (κ3) is 9.00. The van der Waals surface area contributed by atoms with Crippen LogP contribution in [-0.2, 0) is 19.7 Å². The molecular formula is C17H27BrN4O5S. The van der Waals surface area contributed by atoms with Crippen molar-refractivity contribution in [1.29, 1.82) is 0 Å². The summed E-state index contributed by atoms with van der Waals surface area (Å²) in [4.78, 5) is 24.5. The number of rotatable bonds is 10. The lowest BCUT2D eigenvalue weighted by atomic mass is 10.1. The summed E-state index contributed by atoms with van der Waals surface area (Å²) in [7, 11) is -0.758. The second-order valence-corrected chi connectivity index (χ2v) is 9.51. The molecular weight excluding hydrogens is 452 g/mol. The number of anilines is 1. The van der Waals surface area contributed by atoms with Gasteiger partial charge in [0, 0.05) is 37.3 Å². The molecule has 0 spiro atoms. The van der Waals surface area contributed by atoms with Crippen LogP contribution < -0.4 is 15.4 Å². The Morgan fingerprint density at radius 2 is 1.75 bits per heavy atom. The lowest BCUT2D eigenvalue weighted by Crippen LogP contribution is -2.44. The normalized spacial score (nSPS) is 12.7. The molecule has 0 unspecified atom stereocenters. The molecule has 1 aromatic carbocycles. The molecule has 0 aliphatic rings. The number of carbonyl (C=O) groups is 2. The van der Waals surface area contributed by atoms with Crippen LogP contribution >= 0.6 is 15.9 Å². The van der Waals surface area contributed by atoms with Crippen molar-refractivity contribution in [2.75, 3.05) is 32.5 Å². The van der Waals surface area contributed by atoms with Crippen molar-refractivity contribution in [3.05, 3.63) is 28.7 Å². The first-order valence-corrected chi connectivity index (χ1v) is 10.9. The van der Waals surface area contributed by atoms with Crippen molar-refractivity contribution in [3.8, 4) is 0 Å². The van der Waals surface area contributed by atoms with Crippen LogP contribution in [0.5, 0.6) is 0 Å². The molecule has 0 radical (unpaired) electrons. The lowest BCUT2D eigenvalue weighted by Gasteiger charge is -2.20. The van der Waals surface area contributed by atoms with E-state index in [1.165, 1.54) is 14.1 Å². The maximum atomic E-state index is 12.4. The molecule has 28 heavy (non-hydrogen) atoms. The van der Waals surface area contributed by atoms with Gasteiger partial charge in [-0.15, -0.1) is 0 Å². The average molecular weight is 479 g/mol. The SMILES string of the molecule is CC(C)C[C@H](OC(=O)Nc1ccc(Br)cc1)C(=O)NCCNS(=O)(=O)N(C)C. The van der Waals surface area contributed by atoms with Gasteiger partial charge in [0.25, 0.3) is 16.1 Å². The number of hydrogen-bond donors (Lipinski definition) is 3. The summed E-state index contributed by atoms with van der Waals surface area (Å²) in [6.07, 6.45) is -1.39. The lowest BCUT2D eigenvalue weighted by molar-refractivity contribution is -0.130. The minimum absolute atomic E-state index is 0.0196. The quantitative estimate of drug-likeness (QED) is 0.444. The minimum Gasteiger partial charge on any atom is -0.436 e. The van der Waals surface area contributed by atoms with Gasteiger partial charge in [0.15, 0.2) is 6.10 Å². The molecule has 0 heterocycles. The summed E-state index contributed by atoms with van der Waals surface area (Å²) in [5.74, 6) is -0.368. The first-order valence-electron chi connectivity index (χ1n) is 8.69. The molecule has 0 fully saturated rings. The molecule has 1 aromatic rings. The molecule has 1 atom stereocenters. The first-order chi connectivity index (χ1) is 13.0. The Bertz CT molecular complexity index is 753. The molecule has 0 aromatic heterocycles. The van der Waals surface area contributed by atoms with Crippen molar-refractivity contribution in [1.82, 2.24) is 14.3 Å². The largest absolute Gasteiger partial charge is 0.436 e. The van der Waals surface area contributed by atoms with Gasteiger partial charge < -0.3 is 10.1 Å². The van der Waals surface area contributed by atoms with E-state index in [0.717, 1.165) is 8.78 Å². The van der Waals surface area contributed by atoms with Crippen molar-refractivity contribution >= 4 is 43.8 Å². The van der Waals surface area contributed by atoms with E-state index in [9.17, 15) is 18.0 Å². The number of amides is 2. The second-order valence-electron chi connectivity index (χ2n) is 6.63. The van der Waals surface area contributed by atoms with E-state index in [-0.39, 0.29) is 19.0 Å². The topological polar surface area (TPSA) is 117 Å². The van der Waals surface area contributed by atoms with Crippen molar-refractivity contribution < 1.29 is 22.7 Å². The van der Waals surface area contributed by atoms with E-state index in [1.54, 1.807) is 24.3 Å². The number of benzene rings is 1. The number of nitrogens with one attached hydrogen (secondary N) is 3. The van der Waals surface area contributed by atoms with Gasteiger partial charge in [-0.2, -0.15) is 12.7 Å². The van der Waals surface area contributed by atoms with Crippen molar-refractivity contribution in [2.45, 2.75) is 26.4 Å². The summed E-state index contributed by atoms with van der Waals surface area (Å²) >= 11 is 3.31. The number of nitrogens with zero attached hydrogens (tertiary/aromatic N) is 1. The fourth-order valence-corrected chi connectivity index (χ4v) is 2.94. The fraction of sp³-hybridized carbons (Fsp3) is 0.529. The third-order valence-electron chi connectivity index (χ3n) is 3.51. The summed E-state index contributed by atoms with van der Waals surface area (Å²) in [5.41, 5.74) is 0.537. The van der Waals surface area contributed by atoms with Gasteiger partial charge in [-0.25, -0.2) is 9.52 Å². The molecule has 0 aliphatic heterocycles. The van der Waals surface area contributed by atoms with Crippen LogP contribution in [0.4, 0.5) is 10.5 Å². The van der Waals surface area contributed by atoms with Crippen LogP contribution in [0.2, 0.25) is 0 Å². The highest BCUT2D eigenvalue weighted by Gasteiger charge is 2.24. The number of carbonyl (C=O) groups excluding carboxylic acids is 2. The van der Waals surface area contributed by atoms with E-state index in [2.05, 4.69) is 31.3 Å². The predicted molar refractivity (Wildman–Crippen MR) is 111 cm³/mol. The van der Waals surface area contributed by atoms with Crippen LogP contribution in [0, 0.1) is 5.92 Å². The number of hydrogen-bond acceptors (Lipinski definition) is 5. The van der Waals surface area contributed by atoms with Gasteiger partial charge in [-0.05, 0) is 36.6 Å². The Balaban J connectivity index is 2.57. The molecule has 11 heteroatoms. The standard InChI is InChI=1S/C17H27BrN4O5S/c1-12(2)11-15(16(23)19-9-10-20-28(25,26)22(3)4)27-17(24)21-14-7-5-13(18)6-8-14/h5-8,12,15,20H,9-11H2,1-4H3,(H,19,23)(H,21,24)/t15-/m0/s1. The van der Waals surface area contributed by atoms with E-state index in [0.29, 0.717) is 12.1 Å². The predicted octanol–water partition coefficient (Wildman–Crippen LogP) is 1.92. The van der Waals surface area contributed by atoms with E-state index in [4.69, 9.17) is 4.74 Å².